The lowest BCUT2D eigenvalue weighted by molar-refractivity contribution is 0.0635. The van der Waals surface area contributed by atoms with Gasteiger partial charge in [0, 0.05) is 22.4 Å². The SMILES string of the molecule is COc1ccc(S(=O)(=O)NC(=O)c2cc3c(Nc4cccc(NC(=O)OC(C)(C)C)c4)ccc(N=O)c3[nH]2)cc1. The second-order valence-corrected chi connectivity index (χ2v) is 11.3. The van der Waals surface area contributed by atoms with E-state index in [9.17, 15) is 22.9 Å². The normalized spacial score (nSPS) is 11.5. The van der Waals surface area contributed by atoms with Crippen molar-refractivity contribution in [1.82, 2.24) is 9.71 Å². The van der Waals surface area contributed by atoms with Crippen LogP contribution < -0.4 is 20.1 Å². The fourth-order valence-corrected chi connectivity index (χ4v) is 4.72. The van der Waals surface area contributed by atoms with Crippen LogP contribution in [0.25, 0.3) is 10.9 Å². The molecule has 0 fully saturated rings. The predicted octanol–water partition coefficient (Wildman–Crippen LogP) is 5.78. The molecule has 0 bridgehead atoms. The fourth-order valence-electron chi connectivity index (χ4n) is 3.75. The van der Waals surface area contributed by atoms with Crippen LogP contribution in [0.5, 0.6) is 5.75 Å². The molecule has 4 aromatic rings. The fraction of sp³-hybridized carbons (Fsp3) is 0.185. The standard InChI is InChI=1S/C27H27N5O7S/c1-27(2,3)39-26(34)29-17-7-5-6-16(14-17)28-21-12-13-22(31-35)24-20(21)15-23(30-24)25(33)32-40(36,37)19-10-8-18(38-4)9-11-19/h5-15,28,30H,1-4H3,(H,29,34)(H,32,33). The minimum Gasteiger partial charge on any atom is -0.497 e. The third-order valence-corrected chi connectivity index (χ3v) is 6.85. The number of aromatic nitrogens is 1. The molecule has 0 saturated carbocycles. The van der Waals surface area contributed by atoms with Gasteiger partial charge >= 0.3 is 6.09 Å². The van der Waals surface area contributed by atoms with Gasteiger partial charge in [0.1, 0.15) is 22.7 Å². The monoisotopic (exact) mass is 565 g/mol. The Morgan fingerprint density at radius 1 is 0.950 bits per heavy atom. The Bertz CT molecular complexity index is 1690. The van der Waals surface area contributed by atoms with Crippen LogP contribution in [0, 0.1) is 4.91 Å². The van der Waals surface area contributed by atoms with E-state index < -0.39 is 27.6 Å². The van der Waals surface area contributed by atoms with Crippen molar-refractivity contribution >= 4 is 55.7 Å². The van der Waals surface area contributed by atoms with Crippen LogP contribution in [0.15, 0.2) is 76.8 Å². The molecule has 13 heteroatoms. The number of benzene rings is 3. The molecule has 40 heavy (non-hydrogen) atoms. The number of nitrogens with zero attached hydrogens (tertiary/aromatic N) is 1. The van der Waals surface area contributed by atoms with Gasteiger partial charge in [0.05, 0.1) is 17.5 Å². The van der Waals surface area contributed by atoms with E-state index in [-0.39, 0.29) is 21.8 Å². The number of hydrogen-bond donors (Lipinski definition) is 4. The maximum atomic E-state index is 12.9. The summed E-state index contributed by atoms with van der Waals surface area (Å²) in [5.74, 6) is -0.473. The van der Waals surface area contributed by atoms with Crippen molar-refractivity contribution in [3.8, 4) is 5.75 Å². The zero-order valence-electron chi connectivity index (χ0n) is 22.1. The smallest absolute Gasteiger partial charge is 0.412 e. The quantitative estimate of drug-likeness (QED) is 0.195. The Morgan fingerprint density at radius 3 is 2.30 bits per heavy atom. The van der Waals surface area contributed by atoms with Crippen LogP contribution >= 0.6 is 0 Å². The maximum Gasteiger partial charge on any atom is 0.412 e. The van der Waals surface area contributed by atoms with Gasteiger partial charge in [-0.1, -0.05) is 6.07 Å². The van der Waals surface area contributed by atoms with Crippen LogP contribution in [0.2, 0.25) is 0 Å². The summed E-state index contributed by atoms with van der Waals surface area (Å²) in [6.07, 6.45) is -0.612. The van der Waals surface area contributed by atoms with Crippen molar-refractivity contribution in [2.24, 2.45) is 5.18 Å². The second kappa shape index (κ2) is 11.1. The van der Waals surface area contributed by atoms with Gasteiger partial charge < -0.3 is 19.8 Å². The number of nitroso groups, excluding NO2 is 1. The minimum atomic E-state index is -4.19. The minimum absolute atomic E-state index is 0.0259. The molecule has 208 valence electrons. The topological polar surface area (TPSA) is 168 Å². The van der Waals surface area contributed by atoms with Gasteiger partial charge in [0.15, 0.2) is 0 Å². The highest BCUT2D eigenvalue weighted by Crippen LogP contribution is 2.34. The Kier molecular flexibility index (Phi) is 7.77. The van der Waals surface area contributed by atoms with Gasteiger partial charge in [-0.2, -0.15) is 0 Å². The van der Waals surface area contributed by atoms with Gasteiger partial charge in [-0.05, 0) is 86.6 Å². The number of anilines is 3. The molecule has 4 N–H and O–H groups in total. The lowest BCUT2D eigenvalue weighted by Crippen LogP contribution is -2.30. The molecule has 0 saturated heterocycles. The average Bonchev–Trinajstić information content (AvgIpc) is 3.34. The number of amides is 2. The van der Waals surface area contributed by atoms with Gasteiger partial charge in [0.2, 0.25) is 0 Å². The Morgan fingerprint density at radius 2 is 1.65 bits per heavy atom. The van der Waals surface area contributed by atoms with E-state index in [1.807, 2.05) is 4.72 Å². The molecule has 0 radical (unpaired) electrons. The number of nitrogens with one attached hydrogen (secondary N) is 4. The van der Waals surface area contributed by atoms with Crippen molar-refractivity contribution < 1.29 is 27.5 Å². The number of carbonyl (C=O) groups is 2. The number of methoxy groups -OCH3 is 1. The number of aromatic amines is 1. The lowest BCUT2D eigenvalue weighted by atomic mass is 10.1. The number of sulfonamides is 1. The van der Waals surface area contributed by atoms with Crippen LogP contribution in [-0.2, 0) is 14.8 Å². The summed E-state index contributed by atoms with van der Waals surface area (Å²) < 4.78 is 37.8. The molecule has 4 rings (SSSR count). The summed E-state index contributed by atoms with van der Waals surface area (Å²) >= 11 is 0. The molecule has 0 unspecified atom stereocenters. The summed E-state index contributed by atoms with van der Waals surface area (Å²) in [5.41, 5.74) is 1.03. The highest BCUT2D eigenvalue weighted by molar-refractivity contribution is 7.90. The molecular weight excluding hydrogens is 538 g/mol. The number of rotatable bonds is 8. The molecule has 1 aromatic heterocycles. The summed E-state index contributed by atoms with van der Waals surface area (Å²) in [5, 5.41) is 9.25. The number of hydrogen-bond acceptors (Lipinski definition) is 9. The summed E-state index contributed by atoms with van der Waals surface area (Å²) in [6, 6.07) is 16.8. The van der Waals surface area contributed by atoms with E-state index in [4.69, 9.17) is 9.47 Å². The molecule has 0 aliphatic heterocycles. The number of carbonyl (C=O) groups excluding carboxylic acids is 2. The lowest BCUT2D eigenvalue weighted by Gasteiger charge is -2.19. The highest BCUT2D eigenvalue weighted by atomic mass is 32.2. The third-order valence-electron chi connectivity index (χ3n) is 5.50. The maximum absolute atomic E-state index is 12.9. The van der Waals surface area contributed by atoms with Crippen LogP contribution in [0.1, 0.15) is 31.3 Å². The van der Waals surface area contributed by atoms with Crippen molar-refractivity contribution in [3.05, 3.63) is 77.3 Å². The molecule has 1 heterocycles. The van der Waals surface area contributed by atoms with Gasteiger partial charge in [-0.25, -0.2) is 17.9 Å². The Hall–Kier alpha value is -4.91. The van der Waals surface area contributed by atoms with E-state index in [1.165, 1.54) is 43.5 Å². The molecule has 3 aromatic carbocycles. The first-order valence-corrected chi connectivity index (χ1v) is 13.4. The van der Waals surface area contributed by atoms with Crippen LogP contribution in [0.4, 0.5) is 27.5 Å². The van der Waals surface area contributed by atoms with Crippen molar-refractivity contribution in [3.63, 3.8) is 0 Å². The zero-order valence-corrected chi connectivity index (χ0v) is 22.9. The first-order valence-electron chi connectivity index (χ1n) is 12.0. The highest BCUT2D eigenvalue weighted by Gasteiger charge is 2.22. The first-order chi connectivity index (χ1) is 18.9. The first kappa shape index (κ1) is 28.1. The van der Waals surface area contributed by atoms with Crippen molar-refractivity contribution in [2.75, 3.05) is 17.7 Å². The number of ether oxygens (including phenoxy) is 2. The number of fused-ring (bicyclic) bond motifs is 1. The second-order valence-electron chi connectivity index (χ2n) is 9.64. The summed E-state index contributed by atoms with van der Waals surface area (Å²) in [4.78, 5) is 39.2. The third kappa shape index (κ3) is 6.56. The van der Waals surface area contributed by atoms with Crippen molar-refractivity contribution in [2.45, 2.75) is 31.3 Å². The Balaban J connectivity index is 1.59. The zero-order chi connectivity index (χ0) is 29.1. The summed E-state index contributed by atoms with van der Waals surface area (Å²) in [7, 11) is -2.74. The number of H-pyrrole nitrogens is 1. The van der Waals surface area contributed by atoms with E-state index in [0.717, 1.165) is 0 Å². The predicted molar refractivity (Wildman–Crippen MR) is 151 cm³/mol. The van der Waals surface area contributed by atoms with E-state index >= 15 is 0 Å². The molecular formula is C27H27N5O7S. The van der Waals surface area contributed by atoms with Crippen molar-refractivity contribution in [1.29, 1.82) is 0 Å². The molecule has 2 amide bonds. The molecule has 0 aliphatic rings. The largest absolute Gasteiger partial charge is 0.497 e. The van der Waals surface area contributed by atoms with E-state index in [1.54, 1.807) is 51.1 Å². The van der Waals surface area contributed by atoms with Gasteiger partial charge in [0.25, 0.3) is 15.9 Å². The Labute approximate surface area is 230 Å². The molecule has 0 aliphatic carbocycles. The average molecular weight is 566 g/mol. The van der Waals surface area contributed by atoms with E-state index in [2.05, 4.69) is 20.8 Å². The molecule has 0 spiro atoms. The molecule has 0 atom stereocenters. The van der Waals surface area contributed by atoms with E-state index in [0.29, 0.717) is 28.2 Å². The van der Waals surface area contributed by atoms with Crippen LogP contribution in [0.3, 0.4) is 0 Å². The van der Waals surface area contributed by atoms with Gasteiger partial charge in [-0.15, -0.1) is 4.91 Å². The summed E-state index contributed by atoms with van der Waals surface area (Å²) in [6.45, 7) is 5.27. The molecule has 12 nitrogen and oxygen atoms in total. The van der Waals surface area contributed by atoms with Gasteiger partial charge in [-0.3, -0.25) is 10.1 Å². The van der Waals surface area contributed by atoms with Crippen LogP contribution in [-0.4, -0.2) is 38.1 Å².